The summed E-state index contributed by atoms with van der Waals surface area (Å²) >= 11 is 2.98. The zero-order valence-corrected chi connectivity index (χ0v) is 8.88. The van der Waals surface area contributed by atoms with E-state index in [1.165, 1.54) is 0 Å². The second-order valence-corrected chi connectivity index (χ2v) is 2.98. The third kappa shape index (κ3) is 2.15. The van der Waals surface area contributed by atoms with E-state index < -0.39 is 0 Å². The number of hydrogen-bond donors (Lipinski definition) is 1. The molecule has 1 aromatic heterocycles. The summed E-state index contributed by atoms with van der Waals surface area (Å²) in [6.45, 7) is 1.99. The van der Waals surface area contributed by atoms with Gasteiger partial charge in [0.25, 0.3) is 0 Å². The van der Waals surface area contributed by atoms with Crippen molar-refractivity contribution < 1.29 is 4.39 Å². The van der Waals surface area contributed by atoms with Gasteiger partial charge in [-0.25, -0.2) is 9.37 Å². The summed E-state index contributed by atoms with van der Waals surface area (Å²) in [5.41, 5.74) is 6.64. The quantitative estimate of drug-likeness (QED) is 0.781. The van der Waals surface area contributed by atoms with Crippen LogP contribution in [0.4, 0.5) is 4.39 Å². The molecule has 0 saturated heterocycles. The van der Waals surface area contributed by atoms with Crippen molar-refractivity contribution in [1.82, 2.24) is 4.98 Å². The van der Waals surface area contributed by atoms with Gasteiger partial charge >= 0.3 is 0 Å². The molecular weight excluding hydrogens is 246 g/mol. The number of rotatable bonds is 1. The number of hydrogen-bond acceptors (Lipinski definition) is 2. The molecule has 0 amide bonds. The van der Waals surface area contributed by atoms with E-state index >= 15 is 0 Å². The molecule has 0 aliphatic carbocycles. The van der Waals surface area contributed by atoms with E-state index in [9.17, 15) is 4.39 Å². The molecule has 0 unspecified atom stereocenters. The van der Waals surface area contributed by atoms with E-state index in [1.54, 1.807) is 13.1 Å². The Kier molecular flexibility index (Phi) is 4.67. The Labute approximate surface area is 84.9 Å². The summed E-state index contributed by atoms with van der Waals surface area (Å²) in [6, 6.07) is 0. The summed E-state index contributed by atoms with van der Waals surface area (Å²) in [5.74, 6) is -0.354. The summed E-state index contributed by atoms with van der Waals surface area (Å²) in [7, 11) is 0. The Hall–Kier alpha value is -0.190. The van der Waals surface area contributed by atoms with Gasteiger partial charge in [-0.15, -0.1) is 12.4 Å². The number of aryl methyl sites for hydroxylation is 1. The molecule has 0 fully saturated rings. The van der Waals surface area contributed by atoms with Crippen molar-refractivity contribution in [2.45, 2.75) is 13.5 Å². The van der Waals surface area contributed by atoms with E-state index in [1.807, 2.05) is 0 Å². The van der Waals surface area contributed by atoms with Crippen molar-refractivity contribution in [3.05, 3.63) is 27.7 Å². The SMILES string of the molecule is Cc1cnc(Br)c(F)c1CN.Cl. The lowest BCUT2D eigenvalue weighted by Crippen LogP contribution is -2.04. The van der Waals surface area contributed by atoms with Crippen LogP contribution in [0.15, 0.2) is 10.8 Å². The van der Waals surface area contributed by atoms with Crippen molar-refractivity contribution in [3.63, 3.8) is 0 Å². The Morgan fingerprint density at radius 2 is 2.25 bits per heavy atom. The molecule has 0 aliphatic rings. The zero-order valence-electron chi connectivity index (χ0n) is 6.47. The van der Waals surface area contributed by atoms with Crippen LogP contribution in [0.2, 0.25) is 0 Å². The minimum absolute atomic E-state index is 0. The van der Waals surface area contributed by atoms with E-state index in [4.69, 9.17) is 5.73 Å². The van der Waals surface area contributed by atoms with Gasteiger partial charge in [0.2, 0.25) is 0 Å². The Bertz CT molecular complexity index is 280. The van der Waals surface area contributed by atoms with E-state index in [0.29, 0.717) is 5.56 Å². The fourth-order valence-electron chi connectivity index (χ4n) is 0.836. The minimum Gasteiger partial charge on any atom is -0.326 e. The summed E-state index contributed by atoms with van der Waals surface area (Å²) in [4.78, 5) is 3.77. The van der Waals surface area contributed by atoms with Crippen LogP contribution >= 0.6 is 28.3 Å². The van der Waals surface area contributed by atoms with E-state index in [2.05, 4.69) is 20.9 Å². The van der Waals surface area contributed by atoms with Crippen LogP contribution in [0.1, 0.15) is 11.1 Å². The van der Waals surface area contributed by atoms with Crippen molar-refractivity contribution >= 4 is 28.3 Å². The molecule has 5 heteroatoms. The molecule has 1 rings (SSSR count). The fraction of sp³-hybridized carbons (Fsp3) is 0.286. The van der Waals surface area contributed by atoms with Gasteiger partial charge in [-0.3, -0.25) is 0 Å². The van der Waals surface area contributed by atoms with Crippen LogP contribution in [0.25, 0.3) is 0 Å². The molecule has 0 spiro atoms. The standard InChI is InChI=1S/C7H8BrFN2.ClH/c1-4-3-11-7(8)6(9)5(4)2-10;/h3H,2,10H2,1H3;1H. The van der Waals surface area contributed by atoms with Gasteiger partial charge in [0.1, 0.15) is 4.60 Å². The molecule has 0 aliphatic heterocycles. The largest absolute Gasteiger partial charge is 0.326 e. The Morgan fingerprint density at radius 3 is 2.67 bits per heavy atom. The lowest BCUT2D eigenvalue weighted by atomic mass is 10.1. The molecule has 1 heterocycles. The molecule has 0 aromatic carbocycles. The molecule has 0 saturated carbocycles. The first-order valence-electron chi connectivity index (χ1n) is 3.16. The van der Waals surface area contributed by atoms with E-state index in [0.717, 1.165) is 5.56 Å². The number of halogens is 3. The van der Waals surface area contributed by atoms with Crippen LogP contribution in [0, 0.1) is 12.7 Å². The topological polar surface area (TPSA) is 38.9 Å². The highest BCUT2D eigenvalue weighted by atomic mass is 79.9. The average Bonchev–Trinajstić information content (AvgIpc) is 1.99. The molecule has 2 nitrogen and oxygen atoms in total. The predicted octanol–water partition coefficient (Wildman–Crippen LogP) is 2.17. The van der Waals surface area contributed by atoms with Crippen LogP contribution in [-0.2, 0) is 6.54 Å². The molecule has 1 aromatic rings. The number of nitrogens with zero attached hydrogens (tertiary/aromatic N) is 1. The first-order valence-corrected chi connectivity index (χ1v) is 3.95. The van der Waals surface area contributed by atoms with Gasteiger partial charge in [-0.1, -0.05) is 0 Å². The number of aromatic nitrogens is 1. The van der Waals surface area contributed by atoms with Gasteiger partial charge in [-0.2, -0.15) is 0 Å². The molecule has 0 radical (unpaired) electrons. The smallest absolute Gasteiger partial charge is 0.160 e. The molecule has 12 heavy (non-hydrogen) atoms. The number of pyridine rings is 1. The zero-order chi connectivity index (χ0) is 8.43. The highest BCUT2D eigenvalue weighted by molar-refractivity contribution is 9.10. The second kappa shape index (κ2) is 4.74. The maximum absolute atomic E-state index is 13.1. The lowest BCUT2D eigenvalue weighted by molar-refractivity contribution is 0.593. The normalized spacial score (nSPS) is 9.33. The second-order valence-electron chi connectivity index (χ2n) is 2.23. The predicted molar refractivity (Wildman–Crippen MR) is 51.8 cm³/mol. The molecule has 2 N–H and O–H groups in total. The van der Waals surface area contributed by atoms with Gasteiger partial charge in [0.05, 0.1) is 0 Å². The minimum atomic E-state index is -0.354. The lowest BCUT2D eigenvalue weighted by Gasteiger charge is -2.03. The first kappa shape index (κ1) is 11.8. The Morgan fingerprint density at radius 1 is 1.67 bits per heavy atom. The Balaban J connectivity index is 0.00000121. The van der Waals surface area contributed by atoms with Crippen LogP contribution in [-0.4, -0.2) is 4.98 Å². The van der Waals surface area contributed by atoms with Crippen molar-refractivity contribution in [2.24, 2.45) is 5.73 Å². The van der Waals surface area contributed by atoms with Gasteiger partial charge in [0, 0.05) is 18.3 Å². The van der Waals surface area contributed by atoms with Crippen molar-refractivity contribution in [2.75, 3.05) is 0 Å². The molecular formula is C7H9BrClFN2. The first-order chi connectivity index (χ1) is 5.16. The van der Waals surface area contributed by atoms with Crippen molar-refractivity contribution in [3.8, 4) is 0 Å². The highest BCUT2D eigenvalue weighted by Gasteiger charge is 2.08. The maximum atomic E-state index is 13.1. The summed E-state index contributed by atoms with van der Waals surface area (Å²) in [6.07, 6.45) is 1.59. The van der Waals surface area contributed by atoms with Crippen LogP contribution in [0.5, 0.6) is 0 Å². The van der Waals surface area contributed by atoms with Gasteiger partial charge in [-0.05, 0) is 28.4 Å². The average molecular weight is 256 g/mol. The van der Waals surface area contributed by atoms with Crippen LogP contribution in [0.3, 0.4) is 0 Å². The summed E-state index contributed by atoms with van der Waals surface area (Å²) < 4.78 is 13.3. The molecule has 0 atom stereocenters. The number of nitrogens with two attached hydrogens (primary N) is 1. The molecule has 0 bridgehead atoms. The van der Waals surface area contributed by atoms with Gasteiger partial charge < -0.3 is 5.73 Å². The summed E-state index contributed by atoms with van der Waals surface area (Å²) in [5, 5.41) is 0. The van der Waals surface area contributed by atoms with Crippen LogP contribution < -0.4 is 5.73 Å². The fourth-order valence-corrected chi connectivity index (χ4v) is 1.18. The van der Waals surface area contributed by atoms with Gasteiger partial charge in [0.15, 0.2) is 5.82 Å². The maximum Gasteiger partial charge on any atom is 0.160 e. The third-order valence-electron chi connectivity index (χ3n) is 1.50. The van der Waals surface area contributed by atoms with Crippen molar-refractivity contribution in [1.29, 1.82) is 0 Å². The van der Waals surface area contributed by atoms with E-state index in [-0.39, 0.29) is 29.4 Å². The monoisotopic (exact) mass is 254 g/mol. The highest BCUT2D eigenvalue weighted by Crippen LogP contribution is 2.18. The third-order valence-corrected chi connectivity index (χ3v) is 2.05. The molecule has 68 valence electrons.